The van der Waals surface area contributed by atoms with Gasteiger partial charge in [0.05, 0.1) is 0 Å². The highest BCUT2D eigenvalue weighted by atomic mass is 127. The molecule has 0 aliphatic heterocycles. The normalized spacial score (nSPS) is 14.7. The molecule has 0 spiro atoms. The second kappa shape index (κ2) is 11.4. The number of hydrogen-bond acceptors (Lipinski definition) is 2. The summed E-state index contributed by atoms with van der Waals surface area (Å²) >= 11 is 0. The Morgan fingerprint density at radius 2 is 2.00 bits per heavy atom. The van der Waals surface area contributed by atoms with Crippen LogP contribution in [0.25, 0.3) is 10.9 Å². The Morgan fingerprint density at radius 3 is 2.69 bits per heavy atom. The molecule has 1 aliphatic carbocycles. The molecule has 1 heterocycles. The molecule has 0 bridgehead atoms. The minimum absolute atomic E-state index is 0. The molecule has 1 aliphatic rings. The molecule has 0 atom stereocenters. The molecule has 29 heavy (non-hydrogen) atoms. The van der Waals surface area contributed by atoms with Crippen molar-refractivity contribution in [3.63, 3.8) is 0 Å². The van der Waals surface area contributed by atoms with E-state index in [1.807, 2.05) is 0 Å². The van der Waals surface area contributed by atoms with Crippen molar-refractivity contribution >= 4 is 46.7 Å². The summed E-state index contributed by atoms with van der Waals surface area (Å²) in [5.41, 5.74) is 3.90. The summed E-state index contributed by atoms with van der Waals surface area (Å²) in [5, 5.41) is 8.23. The quantitative estimate of drug-likeness (QED) is 0.303. The summed E-state index contributed by atoms with van der Waals surface area (Å²) in [6.07, 6.45) is 8.91. The fraction of sp³-hybridized carbons (Fsp3) is 0.545. The molecule has 1 amide bonds. The van der Waals surface area contributed by atoms with Crippen molar-refractivity contribution in [2.24, 2.45) is 4.99 Å². The predicted molar refractivity (Wildman–Crippen MR) is 131 cm³/mol. The SMILES string of the molecule is CCc1cccc2c(CCNC(=NCC(=O)N(C)C)NC3CCCC3)c[nH]c12.I. The van der Waals surface area contributed by atoms with E-state index in [2.05, 4.69) is 51.9 Å². The number of hydrogen-bond donors (Lipinski definition) is 3. The number of carbonyl (C=O) groups excluding carboxylic acids is 1. The molecule has 1 aromatic carbocycles. The van der Waals surface area contributed by atoms with Crippen LogP contribution in [-0.2, 0) is 17.6 Å². The average Bonchev–Trinajstić information content (AvgIpc) is 3.35. The second-order valence-corrected chi connectivity index (χ2v) is 7.76. The van der Waals surface area contributed by atoms with Crippen molar-refractivity contribution in [1.29, 1.82) is 0 Å². The Hall–Kier alpha value is -1.77. The van der Waals surface area contributed by atoms with Crippen molar-refractivity contribution in [1.82, 2.24) is 20.5 Å². The number of benzene rings is 1. The van der Waals surface area contributed by atoms with Crippen LogP contribution in [-0.4, -0.2) is 55.0 Å². The second-order valence-electron chi connectivity index (χ2n) is 7.76. The number of aromatic amines is 1. The van der Waals surface area contributed by atoms with Crippen LogP contribution in [0.4, 0.5) is 0 Å². The summed E-state index contributed by atoms with van der Waals surface area (Å²) in [5.74, 6) is 0.757. The lowest BCUT2D eigenvalue weighted by Crippen LogP contribution is -2.43. The number of carbonyl (C=O) groups is 1. The van der Waals surface area contributed by atoms with E-state index >= 15 is 0 Å². The number of para-hydroxylation sites is 1. The first-order chi connectivity index (χ1) is 13.6. The van der Waals surface area contributed by atoms with Gasteiger partial charge in [-0.05, 0) is 36.8 Å². The highest BCUT2D eigenvalue weighted by Crippen LogP contribution is 2.22. The van der Waals surface area contributed by atoms with Gasteiger partial charge in [0.15, 0.2) is 5.96 Å². The van der Waals surface area contributed by atoms with Gasteiger partial charge in [0.1, 0.15) is 6.54 Å². The number of halogens is 1. The molecule has 0 unspecified atom stereocenters. The Balaban J connectivity index is 0.00000300. The van der Waals surface area contributed by atoms with Crippen LogP contribution in [0.3, 0.4) is 0 Å². The zero-order chi connectivity index (χ0) is 19.9. The maximum absolute atomic E-state index is 11.9. The van der Waals surface area contributed by atoms with Crippen LogP contribution in [0.5, 0.6) is 0 Å². The molecule has 0 radical (unpaired) electrons. The Kier molecular flexibility index (Phi) is 9.26. The smallest absolute Gasteiger partial charge is 0.243 e. The molecule has 0 saturated heterocycles. The van der Waals surface area contributed by atoms with Gasteiger partial charge in [-0.2, -0.15) is 0 Å². The third-order valence-electron chi connectivity index (χ3n) is 5.52. The van der Waals surface area contributed by atoms with Crippen LogP contribution in [0.15, 0.2) is 29.4 Å². The lowest BCUT2D eigenvalue weighted by molar-refractivity contribution is -0.127. The van der Waals surface area contributed by atoms with Crippen LogP contribution in [0, 0.1) is 0 Å². The number of nitrogens with zero attached hydrogens (tertiary/aromatic N) is 2. The number of aliphatic imine (C=N–C) groups is 1. The van der Waals surface area contributed by atoms with Crippen LogP contribution in [0.1, 0.15) is 43.7 Å². The highest BCUT2D eigenvalue weighted by molar-refractivity contribution is 14.0. The highest BCUT2D eigenvalue weighted by Gasteiger charge is 2.16. The van der Waals surface area contributed by atoms with Gasteiger partial charge >= 0.3 is 0 Å². The Bertz CT molecular complexity index is 824. The van der Waals surface area contributed by atoms with Gasteiger partial charge in [-0.3, -0.25) is 4.79 Å². The monoisotopic (exact) mass is 511 g/mol. The van der Waals surface area contributed by atoms with Crippen molar-refractivity contribution in [3.8, 4) is 0 Å². The lowest BCUT2D eigenvalue weighted by atomic mass is 10.1. The number of likely N-dealkylation sites (N-methyl/N-ethyl adjacent to an activating group) is 1. The summed E-state index contributed by atoms with van der Waals surface area (Å²) in [6.45, 7) is 3.13. The maximum atomic E-state index is 11.9. The fourth-order valence-electron chi connectivity index (χ4n) is 3.80. The molecule has 1 saturated carbocycles. The Morgan fingerprint density at radius 1 is 1.24 bits per heavy atom. The number of fused-ring (bicyclic) bond motifs is 1. The van der Waals surface area contributed by atoms with Gasteiger partial charge < -0.3 is 20.5 Å². The lowest BCUT2D eigenvalue weighted by Gasteiger charge is -2.18. The largest absolute Gasteiger partial charge is 0.361 e. The maximum Gasteiger partial charge on any atom is 0.243 e. The van der Waals surface area contributed by atoms with E-state index in [-0.39, 0.29) is 36.4 Å². The minimum Gasteiger partial charge on any atom is -0.361 e. The topological polar surface area (TPSA) is 72.5 Å². The number of rotatable bonds is 7. The molecule has 1 fully saturated rings. The standard InChI is InChI=1S/C22H33N5O.HI/c1-4-16-8-7-11-19-17(14-24-21(16)19)12-13-23-22(25-15-20(28)27(2)3)26-18-9-5-6-10-18;/h7-8,11,14,18,24H,4-6,9-10,12-13,15H2,1-3H3,(H2,23,25,26);1H. The number of nitrogens with one attached hydrogen (secondary N) is 3. The van der Waals surface area contributed by atoms with E-state index in [1.54, 1.807) is 19.0 Å². The van der Waals surface area contributed by atoms with Crippen LogP contribution < -0.4 is 10.6 Å². The number of aromatic nitrogens is 1. The molecule has 6 nitrogen and oxygen atoms in total. The summed E-state index contributed by atoms with van der Waals surface area (Å²) in [6, 6.07) is 6.95. The minimum atomic E-state index is 0. The van der Waals surface area contributed by atoms with Gasteiger partial charge in [-0.15, -0.1) is 24.0 Å². The summed E-state index contributed by atoms with van der Waals surface area (Å²) in [7, 11) is 3.52. The Labute approximate surface area is 190 Å². The molecule has 3 rings (SSSR count). The zero-order valence-corrected chi connectivity index (χ0v) is 20.1. The molecular weight excluding hydrogens is 477 g/mol. The molecule has 2 aromatic rings. The van der Waals surface area contributed by atoms with Crippen LogP contribution >= 0.6 is 24.0 Å². The average molecular weight is 511 g/mol. The van der Waals surface area contributed by atoms with Crippen molar-refractivity contribution < 1.29 is 4.79 Å². The van der Waals surface area contributed by atoms with Crippen LogP contribution in [0.2, 0.25) is 0 Å². The number of aryl methyl sites for hydroxylation is 1. The molecule has 160 valence electrons. The predicted octanol–water partition coefficient (Wildman–Crippen LogP) is 3.46. The molecule has 3 N–H and O–H groups in total. The van der Waals surface area contributed by atoms with Crippen molar-refractivity contribution in [2.45, 2.75) is 51.5 Å². The van der Waals surface area contributed by atoms with Gasteiger partial charge in [0, 0.05) is 43.8 Å². The summed E-state index contributed by atoms with van der Waals surface area (Å²) < 4.78 is 0. The third-order valence-corrected chi connectivity index (χ3v) is 5.52. The van der Waals surface area contributed by atoms with E-state index in [9.17, 15) is 4.79 Å². The first kappa shape index (κ1) is 23.5. The zero-order valence-electron chi connectivity index (χ0n) is 17.8. The van der Waals surface area contributed by atoms with E-state index in [0.29, 0.717) is 6.04 Å². The van der Waals surface area contributed by atoms with Crippen molar-refractivity contribution in [2.75, 3.05) is 27.2 Å². The number of amides is 1. The summed E-state index contributed by atoms with van der Waals surface area (Å²) in [4.78, 5) is 21.4. The van der Waals surface area contributed by atoms with E-state index in [4.69, 9.17) is 0 Å². The van der Waals surface area contributed by atoms with E-state index < -0.39 is 0 Å². The van der Waals surface area contributed by atoms with Gasteiger partial charge in [0.25, 0.3) is 0 Å². The molecular formula is C22H34IN5O. The van der Waals surface area contributed by atoms with Gasteiger partial charge in [-0.1, -0.05) is 38.0 Å². The first-order valence-corrected chi connectivity index (χ1v) is 10.4. The first-order valence-electron chi connectivity index (χ1n) is 10.4. The van der Waals surface area contributed by atoms with E-state index in [1.165, 1.54) is 47.7 Å². The number of H-pyrrole nitrogens is 1. The molecule has 7 heteroatoms. The molecule has 1 aromatic heterocycles. The third kappa shape index (κ3) is 6.35. The van der Waals surface area contributed by atoms with E-state index in [0.717, 1.165) is 25.3 Å². The number of guanidine groups is 1. The van der Waals surface area contributed by atoms with Crippen molar-refractivity contribution in [3.05, 3.63) is 35.5 Å². The van der Waals surface area contributed by atoms with Gasteiger partial charge in [0.2, 0.25) is 5.91 Å². The van der Waals surface area contributed by atoms with Gasteiger partial charge in [-0.25, -0.2) is 4.99 Å². The fourth-order valence-corrected chi connectivity index (χ4v) is 3.80.